The van der Waals surface area contributed by atoms with Gasteiger partial charge < -0.3 is 14.9 Å². The number of hydrogen-bond donors (Lipinski definition) is 2. The third-order valence-electron chi connectivity index (χ3n) is 3.95. The van der Waals surface area contributed by atoms with Gasteiger partial charge in [0.25, 0.3) is 0 Å². The second-order valence-electron chi connectivity index (χ2n) is 6.21. The molecule has 0 radical (unpaired) electrons. The van der Waals surface area contributed by atoms with E-state index in [0.717, 1.165) is 5.56 Å². The summed E-state index contributed by atoms with van der Waals surface area (Å²) >= 11 is 0. The molecule has 0 aliphatic carbocycles. The van der Waals surface area contributed by atoms with Crippen molar-refractivity contribution in [2.24, 2.45) is 0 Å². The molecule has 1 atom stereocenters. The molecule has 27 heavy (non-hydrogen) atoms. The van der Waals surface area contributed by atoms with Crippen LogP contribution in [0.4, 0.5) is 0 Å². The minimum Gasteiger partial charge on any atom is -0.507 e. The predicted octanol–water partition coefficient (Wildman–Crippen LogP) is 3.69. The molecule has 2 N–H and O–H groups in total. The van der Waals surface area contributed by atoms with Gasteiger partial charge in [-0.1, -0.05) is 48.6 Å². The number of phenols is 1. The van der Waals surface area contributed by atoms with Gasteiger partial charge in [-0.3, -0.25) is 9.59 Å². The van der Waals surface area contributed by atoms with E-state index in [1.165, 1.54) is 25.1 Å². The standard InChI is InChI=1S/C22H22O5/c1-14(2)20(25)13-18-21(27-15(3)23)12-10-17(22(18)26)19(24)11-9-16-7-5-4-6-8-16/h4-12,20,25-26H,1,13H2,2-3H3/b11-9+. The molecule has 2 rings (SSSR count). The van der Waals surface area contributed by atoms with Crippen molar-refractivity contribution < 1.29 is 24.5 Å². The van der Waals surface area contributed by atoms with Crippen LogP contribution < -0.4 is 4.74 Å². The molecule has 2 aromatic rings. The number of rotatable bonds is 7. The number of carbonyl (C=O) groups is 2. The number of benzene rings is 2. The lowest BCUT2D eigenvalue weighted by molar-refractivity contribution is -0.131. The molecular formula is C22H22O5. The van der Waals surface area contributed by atoms with E-state index in [4.69, 9.17) is 4.74 Å². The Balaban J connectivity index is 2.39. The van der Waals surface area contributed by atoms with Crippen LogP contribution in [-0.4, -0.2) is 28.1 Å². The molecule has 0 spiro atoms. The molecule has 2 aromatic carbocycles. The number of ether oxygens (including phenoxy) is 1. The highest BCUT2D eigenvalue weighted by Gasteiger charge is 2.21. The smallest absolute Gasteiger partial charge is 0.308 e. The van der Waals surface area contributed by atoms with Crippen LogP contribution in [0.5, 0.6) is 11.5 Å². The molecule has 5 nitrogen and oxygen atoms in total. The van der Waals surface area contributed by atoms with E-state index >= 15 is 0 Å². The van der Waals surface area contributed by atoms with Crippen molar-refractivity contribution in [3.8, 4) is 11.5 Å². The van der Waals surface area contributed by atoms with Gasteiger partial charge in [0, 0.05) is 18.9 Å². The topological polar surface area (TPSA) is 83.8 Å². The first-order valence-electron chi connectivity index (χ1n) is 8.43. The average Bonchev–Trinajstić information content (AvgIpc) is 2.63. The number of aromatic hydroxyl groups is 1. The molecule has 140 valence electrons. The summed E-state index contributed by atoms with van der Waals surface area (Å²) in [6.07, 6.45) is 2.02. The maximum atomic E-state index is 12.5. The van der Waals surface area contributed by atoms with E-state index in [9.17, 15) is 19.8 Å². The normalized spacial score (nSPS) is 12.0. The lowest BCUT2D eigenvalue weighted by Gasteiger charge is -2.16. The molecule has 0 bridgehead atoms. The summed E-state index contributed by atoms with van der Waals surface area (Å²) in [4.78, 5) is 23.8. The van der Waals surface area contributed by atoms with Crippen molar-refractivity contribution in [1.82, 2.24) is 0 Å². The van der Waals surface area contributed by atoms with Crippen LogP contribution >= 0.6 is 0 Å². The quantitative estimate of drug-likeness (QED) is 0.257. The number of allylic oxidation sites excluding steroid dienone is 1. The van der Waals surface area contributed by atoms with Gasteiger partial charge in [-0.05, 0) is 30.7 Å². The Bertz CT molecular complexity index is 881. The first kappa shape index (κ1) is 20.1. The Morgan fingerprint density at radius 1 is 1.15 bits per heavy atom. The number of ketones is 1. The summed E-state index contributed by atoms with van der Waals surface area (Å²) in [5, 5.41) is 20.7. The van der Waals surface area contributed by atoms with Crippen LogP contribution in [0.15, 0.2) is 60.7 Å². The zero-order valence-corrected chi connectivity index (χ0v) is 15.3. The number of aliphatic hydroxyl groups excluding tert-OH is 1. The van der Waals surface area contributed by atoms with Crippen molar-refractivity contribution in [1.29, 1.82) is 0 Å². The Morgan fingerprint density at radius 3 is 2.41 bits per heavy atom. The third kappa shape index (κ3) is 5.39. The SMILES string of the molecule is C=C(C)C(O)Cc1c(OC(C)=O)ccc(C(=O)/C=C/c2ccccc2)c1O. The lowest BCUT2D eigenvalue weighted by Crippen LogP contribution is -2.14. The van der Waals surface area contributed by atoms with Crippen molar-refractivity contribution >= 4 is 17.8 Å². The molecule has 0 amide bonds. The molecule has 0 aromatic heterocycles. The number of carbonyl (C=O) groups excluding carboxylic acids is 2. The van der Waals surface area contributed by atoms with Gasteiger partial charge in [0.2, 0.25) is 0 Å². The highest BCUT2D eigenvalue weighted by Crippen LogP contribution is 2.34. The van der Waals surface area contributed by atoms with Gasteiger partial charge >= 0.3 is 5.97 Å². The second-order valence-corrected chi connectivity index (χ2v) is 6.21. The number of phenolic OH excluding ortho intramolecular Hbond substituents is 1. The van der Waals surface area contributed by atoms with Crippen molar-refractivity contribution in [3.05, 3.63) is 77.4 Å². The lowest BCUT2D eigenvalue weighted by atomic mass is 9.97. The predicted molar refractivity (Wildman–Crippen MR) is 104 cm³/mol. The second kappa shape index (κ2) is 8.96. The molecule has 5 heteroatoms. The fraction of sp³-hybridized carbons (Fsp3) is 0.182. The van der Waals surface area contributed by atoms with Gasteiger partial charge in [0.15, 0.2) is 5.78 Å². The molecule has 1 unspecified atom stereocenters. The summed E-state index contributed by atoms with van der Waals surface area (Å²) in [5.41, 5.74) is 1.57. The summed E-state index contributed by atoms with van der Waals surface area (Å²) in [6.45, 7) is 6.55. The maximum absolute atomic E-state index is 12.5. The maximum Gasteiger partial charge on any atom is 0.308 e. The van der Waals surface area contributed by atoms with Gasteiger partial charge in [-0.2, -0.15) is 0 Å². The van der Waals surface area contributed by atoms with Crippen LogP contribution in [0.25, 0.3) is 6.08 Å². The Labute approximate surface area is 158 Å². The summed E-state index contributed by atoms with van der Waals surface area (Å²) in [7, 11) is 0. The number of hydrogen-bond acceptors (Lipinski definition) is 5. The van der Waals surface area contributed by atoms with E-state index in [-0.39, 0.29) is 29.0 Å². The minimum atomic E-state index is -0.949. The zero-order chi connectivity index (χ0) is 20.0. The summed E-state index contributed by atoms with van der Waals surface area (Å²) < 4.78 is 5.10. The minimum absolute atomic E-state index is 0.0344. The van der Waals surface area contributed by atoms with Crippen LogP contribution in [0.3, 0.4) is 0 Å². The van der Waals surface area contributed by atoms with Gasteiger partial charge in [-0.25, -0.2) is 0 Å². The zero-order valence-electron chi connectivity index (χ0n) is 15.3. The Kier molecular flexibility index (Phi) is 6.68. The van der Waals surface area contributed by atoms with Gasteiger partial charge in [-0.15, -0.1) is 0 Å². The molecule has 0 saturated heterocycles. The third-order valence-corrected chi connectivity index (χ3v) is 3.95. The van der Waals surface area contributed by atoms with Crippen molar-refractivity contribution in [2.45, 2.75) is 26.4 Å². The molecule has 0 aliphatic heterocycles. The molecular weight excluding hydrogens is 344 g/mol. The summed E-state index contributed by atoms with van der Waals surface area (Å²) in [6, 6.07) is 12.1. The van der Waals surface area contributed by atoms with Gasteiger partial charge in [0.1, 0.15) is 11.5 Å². The van der Waals surface area contributed by atoms with E-state index in [2.05, 4.69) is 6.58 Å². The highest BCUT2D eigenvalue weighted by molar-refractivity contribution is 6.09. The summed E-state index contributed by atoms with van der Waals surface area (Å²) in [5.74, 6) is -1.19. The highest BCUT2D eigenvalue weighted by atomic mass is 16.5. The molecule has 0 fully saturated rings. The Morgan fingerprint density at radius 2 is 1.81 bits per heavy atom. The monoisotopic (exact) mass is 366 g/mol. The van der Waals surface area contributed by atoms with E-state index in [1.54, 1.807) is 13.0 Å². The average molecular weight is 366 g/mol. The number of aliphatic hydroxyl groups is 1. The van der Waals surface area contributed by atoms with Crippen molar-refractivity contribution in [2.75, 3.05) is 0 Å². The van der Waals surface area contributed by atoms with E-state index < -0.39 is 17.9 Å². The largest absolute Gasteiger partial charge is 0.507 e. The molecule has 0 saturated carbocycles. The van der Waals surface area contributed by atoms with Crippen LogP contribution in [0.1, 0.15) is 35.3 Å². The van der Waals surface area contributed by atoms with Crippen LogP contribution in [0, 0.1) is 0 Å². The fourth-order valence-electron chi connectivity index (χ4n) is 2.46. The van der Waals surface area contributed by atoms with Crippen LogP contribution in [-0.2, 0) is 11.2 Å². The van der Waals surface area contributed by atoms with E-state index in [0.29, 0.717) is 5.57 Å². The van der Waals surface area contributed by atoms with Gasteiger partial charge in [0.05, 0.1) is 11.7 Å². The molecule has 0 aliphatic rings. The molecule has 0 heterocycles. The fourth-order valence-corrected chi connectivity index (χ4v) is 2.46. The Hall–Kier alpha value is -3.18. The van der Waals surface area contributed by atoms with Crippen LogP contribution in [0.2, 0.25) is 0 Å². The van der Waals surface area contributed by atoms with Crippen molar-refractivity contribution in [3.63, 3.8) is 0 Å². The number of esters is 1. The first-order valence-corrected chi connectivity index (χ1v) is 8.43. The van der Waals surface area contributed by atoms with E-state index in [1.807, 2.05) is 30.3 Å². The first-order chi connectivity index (χ1) is 12.8.